The largest absolute Gasteiger partial charge is 0.348 e. The molecule has 4 nitrogen and oxygen atoms in total. The third kappa shape index (κ3) is 4.56. The lowest BCUT2D eigenvalue weighted by Crippen LogP contribution is -2.45. The molecule has 1 aliphatic heterocycles. The van der Waals surface area contributed by atoms with Crippen LogP contribution in [0, 0.1) is 0 Å². The van der Waals surface area contributed by atoms with E-state index in [0.717, 1.165) is 42.5 Å². The maximum absolute atomic E-state index is 12.8. The third-order valence-corrected chi connectivity index (χ3v) is 4.90. The number of hydrogen-bond acceptors (Lipinski definition) is 3. The maximum atomic E-state index is 12.8. The van der Waals surface area contributed by atoms with Crippen molar-refractivity contribution in [3.8, 4) is 0 Å². The first kappa shape index (κ1) is 20.2. The molecule has 0 spiro atoms. The standard InChI is InChI=1S/C18H20ClN3O.2ClH/c19-12-5-6-16-14(8-12)15(9-17(22-16)11-3-4-11)18(23)21-13-2-1-7-20-10-13;;/h5-6,8-9,11,13,20H,1-4,7,10H2,(H,21,23);2*1H. The van der Waals surface area contributed by atoms with Crippen molar-refractivity contribution in [2.75, 3.05) is 13.1 Å². The molecule has 0 bridgehead atoms. The topological polar surface area (TPSA) is 54.0 Å². The molecule has 136 valence electrons. The minimum absolute atomic E-state index is 0. The number of fused-ring (bicyclic) bond motifs is 1. The van der Waals surface area contributed by atoms with E-state index in [1.54, 1.807) is 0 Å². The Bertz CT molecular complexity index is 759. The van der Waals surface area contributed by atoms with Gasteiger partial charge in [-0.05, 0) is 56.5 Å². The van der Waals surface area contributed by atoms with Crippen molar-refractivity contribution in [3.05, 3.63) is 40.5 Å². The van der Waals surface area contributed by atoms with Crippen molar-refractivity contribution < 1.29 is 4.79 Å². The fourth-order valence-corrected chi connectivity index (χ4v) is 3.40. The first-order chi connectivity index (χ1) is 11.2. The van der Waals surface area contributed by atoms with Crippen molar-refractivity contribution in [1.82, 2.24) is 15.6 Å². The summed E-state index contributed by atoms with van der Waals surface area (Å²) in [6.07, 6.45) is 4.46. The molecule has 4 rings (SSSR count). The first-order valence-corrected chi connectivity index (χ1v) is 8.70. The molecule has 7 heteroatoms. The molecule has 1 aromatic carbocycles. The van der Waals surface area contributed by atoms with Gasteiger partial charge >= 0.3 is 0 Å². The number of piperidine rings is 1. The SMILES string of the molecule is Cl.Cl.O=C(NC1CCCNC1)c1cc(C2CC2)nc2ccc(Cl)cc12. The Morgan fingerprint density at radius 2 is 2.00 bits per heavy atom. The van der Waals surface area contributed by atoms with E-state index in [0.29, 0.717) is 16.5 Å². The minimum Gasteiger partial charge on any atom is -0.348 e. The molecule has 2 aromatic rings. The van der Waals surface area contributed by atoms with Gasteiger partial charge in [0.25, 0.3) is 5.91 Å². The lowest BCUT2D eigenvalue weighted by Gasteiger charge is -2.24. The number of rotatable bonds is 3. The number of nitrogens with one attached hydrogen (secondary N) is 2. The zero-order chi connectivity index (χ0) is 15.8. The van der Waals surface area contributed by atoms with E-state index in [1.165, 1.54) is 12.8 Å². The van der Waals surface area contributed by atoms with Gasteiger partial charge in [-0.25, -0.2) is 0 Å². The number of halogens is 3. The highest BCUT2D eigenvalue weighted by Gasteiger charge is 2.27. The Hall–Kier alpha value is -1.07. The highest BCUT2D eigenvalue weighted by molar-refractivity contribution is 6.31. The summed E-state index contributed by atoms with van der Waals surface area (Å²) in [6, 6.07) is 7.74. The highest BCUT2D eigenvalue weighted by Crippen LogP contribution is 2.40. The van der Waals surface area contributed by atoms with Gasteiger partial charge in [0, 0.05) is 34.6 Å². The van der Waals surface area contributed by atoms with Gasteiger partial charge in [0.1, 0.15) is 0 Å². The molecule has 1 unspecified atom stereocenters. The van der Waals surface area contributed by atoms with Crippen LogP contribution in [0.5, 0.6) is 0 Å². The molecule has 2 aliphatic rings. The van der Waals surface area contributed by atoms with Gasteiger partial charge < -0.3 is 10.6 Å². The molecular formula is C18H22Cl3N3O. The fourth-order valence-electron chi connectivity index (χ4n) is 3.23. The molecule has 1 amide bonds. The van der Waals surface area contributed by atoms with Crippen LogP contribution < -0.4 is 10.6 Å². The number of amides is 1. The molecule has 1 saturated carbocycles. The van der Waals surface area contributed by atoms with Crippen LogP contribution in [0.4, 0.5) is 0 Å². The number of carbonyl (C=O) groups excluding carboxylic acids is 1. The number of carbonyl (C=O) groups is 1. The van der Waals surface area contributed by atoms with Crippen molar-refractivity contribution in [2.45, 2.75) is 37.6 Å². The van der Waals surface area contributed by atoms with Crippen molar-refractivity contribution in [2.24, 2.45) is 0 Å². The van der Waals surface area contributed by atoms with Crippen molar-refractivity contribution in [3.63, 3.8) is 0 Å². The number of aromatic nitrogens is 1. The van der Waals surface area contributed by atoms with Crippen LogP contribution in [0.15, 0.2) is 24.3 Å². The van der Waals surface area contributed by atoms with E-state index < -0.39 is 0 Å². The minimum atomic E-state index is -0.0183. The Balaban J connectivity index is 0.00000113. The fraction of sp³-hybridized carbons (Fsp3) is 0.444. The monoisotopic (exact) mass is 401 g/mol. The molecule has 2 heterocycles. The average molecular weight is 403 g/mol. The van der Waals surface area contributed by atoms with E-state index in [4.69, 9.17) is 16.6 Å². The zero-order valence-electron chi connectivity index (χ0n) is 13.8. The highest BCUT2D eigenvalue weighted by atomic mass is 35.5. The van der Waals surface area contributed by atoms with Crippen LogP contribution in [-0.2, 0) is 0 Å². The van der Waals surface area contributed by atoms with Crippen LogP contribution in [0.1, 0.15) is 47.7 Å². The quantitative estimate of drug-likeness (QED) is 0.813. The predicted octanol–water partition coefficient (Wildman–Crippen LogP) is 4.09. The van der Waals surface area contributed by atoms with Crippen molar-refractivity contribution in [1.29, 1.82) is 0 Å². The van der Waals surface area contributed by atoms with Gasteiger partial charge in [0.05, 0.1) is 11.1 Å². The van der Waals surface area contributed by atoms with Crippen LogP contribution in [-0.4, -0.2) is 30.0 Å². The van der Waals surface area contributed by atoms with Gasteiger partial charge in [-0.2, -0.15) is 0 Å². The molecule has 2 N–H and O–H groups in total. The first-order valence-electron chi connectivity index (χ1n) is 8.32. The average Bonchev–Trinajstić information content (AvgIpc) is 3.39. The van der Waals surface area contributed by atoms with Gasteiger partial charge in [0.15, 0.2) is 0 Å². The smallest absolute Gasteiger partial charge is 0.252 e. The summed E-state index contributed by atoms with van der Waals surface area (Å²) in [4.78, 5) is 17.5. The summed E-state index contributed by atoms with van der Waals surface area (Å²) in [6.45, 7) is 1.87. The molecule has 25 heavy (non-hydrogen) atoms. The van der Waals surface area contributed by atoms with Gasteiger partial charge in [-0.1, -0.05) is 11.6 Å². The Labute approximate surface area is 164 Å². The maximum Gasteiger partial charge on any atom is 0.252 e. The molecule has 1 atom stereocenters. The summed E-state index contributed by atoms with van der Waals surface area (Å²) < 4.78 is 0. The second kappa shape index (κ2) is 8.54. The molecule has 0 radical (unpaired) electrons. The zero-order valence-corrected chi connectivity index (χ0v) is 16.1. The summed E-state index contributed by atoms with van der Waals surface area (Å²) in [5.41, 5.74) is 2.59. The lowest BCUT2D eigenvalue weighted by molar-refractivity contribution is 0.0932. The van der Waals surface area contributed by atoms with E-state index in [1.807, 2.05) is 24.3 Å². The number of nitrogens with zero attached hydrogens (tertiary/aromatic N) is 1. The van der Waals surface area contributed by atoms with Gasteiger partial charge in [-0.15, -0.1) is 24.8 Å². The number of hydrogen-bond donors (Lipinski definition) is 2. The molecule has 1 aromatic heterocycles. The summed E-state index contributed by atoms with van der Waals surface area (Å²) >= 11 is 6.13. The van der Waals surface area contributed by atoms with E-state index >= 15 is 0 Å². The second-order valence-electron chi connectivity index (χ2n) is 6.55. The Kier molecular flexibility index (Phi) is 6.92. The summed E-state index contributed by atoms with van der Waals surface area (Å²) in [5, 5.41) is 7.96. The van der Waals surface area contributed by atoms with Crippen LogP contribution in [0.25, 0.3) is 10.9 Å². The van der Waals surface area contributed by atoms with E-state index in [2.05, 4.69) is 10.6 Å². The summed E-state index contributed by atoms with van der Waals surface area (Å²) in [5.74, 6) is 0.494. The van der Waals surface area contributed by atoms with E-state index in [9.17, 15) is 4.79 Å². The second-order valence-corrected chi connectivity index (χ2v) is 6.98. The molecule has 2 fully saturated rings. The van der Waals surface area contributed by atoms with Crippen molar-refractivity contribution >= 4 is 53.2 Å². The Morgan fingerprint density at radius 1 is 1.20 bits per heavy atom. The number of benzene rings is 1. The molecule has 1 saturated heterocycles. The third-order valence-electron chi connectivity index (χ3n) is 4.66. The van der Waals surface area contributed by atoms with E-state index in [-0.39, 0.29) is 36.8 Å². The van der Waals surface area contributed by atoms with Crippen LogP contribution in [0.2, 0.25) is 5.02 Å². The van der Waals surface area contributed by atoms with Gasteiger partial charge in [-0.3, -0.25) is 9.78 Å². The summed E-state index contributed by atoms with van der Waals surface area (Å²) in [7, 11) is 0. The number of pyridine rings is 1. The molecular weight excluding hydrogens is 381 g/mol. The van der Waals surface area contributed by atoms with Gasteiger partial charge in [0.2, 0.25) is 0 Å². The molecule has 1 aliphatic carbocycles. The lowest BCUT2D eigenvalue weighted by atomic mass is 10.0. The normalized spacial score (nSPS) is 19.6. The van der Waals surface area contributed by atoms with Crippen LogP contribution >= 0.6 is 36.4 Å². The predicted molar refractivity (Wildman–Crippen MR) is 107 cm³/mol. The Morgan fingerprint density at radius 3 is 2.68 bits per heavy atom. The van der Waals surface area contributed by atoms with Crippen LogP contribution in [0.3, 0.4) is 0 Å².